The van der Waals surface area contributed by atoms with E-state index >= 15 is 0 Å². The zero-order valence-corrected chi connectivity index (χ0v) is 16.0. The molecule has 1 aromatic rings. The minimum Gasteiger partial charge on any atom is -0.337 e. The molecule has 0 fully saturated rings. The molecule has 3 rings (SSSR count). The maximum absolute atomic E-state index is 13.4. The summed E-state index contributed by atoms with van der Waals surface area (Å²) in [5.41, 5.74) is 1.37. The third kappa shape index (κ3) is 4.04. The number of fused-ring (bicyclic) bond motifs is 1. The monoisotopic (exact) mass is 368 g/mol. The van der Waals surface area contributed by atoms with Gasteiger partial charge in [-0.25, -0.2) is 0 Å². The van der Waals surface area contributed by atoms with E-state index in [4.69, 9.17) is 0 Å². The van der Waals surface area contributed by atoms with E-state index in [0.717, 1.165) is 38.0 Å². The van der Waals surface area contributed by atoms with Crippen LogP contribution in [0.25, 0.3) is 0 Å². The van der Waals surface area contributed by atoms with Crippen LogP contribution in [0.4, 0.5) is 0 Å². The van der Waals surface area contributed by atoms with Crippen molar-refractivity contribution in [1.29, 1.82) is 0 Å². The summed E-state index contributed by atoms with van der Waals surface area (Å²) in [4.78, 5) is 28.9. The Balaban J connectivity index is 1.88. The molecular formula is C21H28N4O2. The van der Waals surface area contributed by atoms with Crippen LogP contribution in [-0.2, 0) is 17.9 Å². The molecule has 0 N–H and O–H groups in total. The van der Waals surface area contributed by atoms with Gasteiger partial charge >= 0.3 is 0 Å². The largest absolute Gasteiger partial charge is 0.337 e. The fourth-order valence-corrected chi connectivity index (χ4v) is 3.92. The fourth-order valence-electron chi connectivity index (χ4n) is 3.92. The predicted octanol–water partition coefficient (Wildman–Crippen LogP) is 2.93. The van der Waals surface area contributed by atoms with Gasteiger partial charge in [-0.2, -0.15) is 5.10 Å². The lowest BCUT2D eigenvalue weighted by Crippen LogP contribution is -2.48. The van der Waals surface area contributed by atoms with Crippen molar-refractivity contribution in [2.75, 3.05) is 6.54 Å². The van der Waals surface area contributed by atoms with Crippen LogP contribution in [0.3, 0.4) is 0 Å². The first kappa shape index (κ1) is 19.1. The molecule has 0 radical (unpaired) electrons. The van der Waals surface area contributed by atoms with Crippen molar-refractivity contribution in [3.05, 3.63) is 54.9 Å². The molecule has 0 saturated carbocycles. The molecule has 2 aliphatic heterocycles. The number of carbonyl (C=O) groups excluding carboxylic acids is 2. The topological polar surface area (TPSA) is 58.4 Å². The van der Waals surface area contributed by atoms with Crippen LogP contribution in [0, 0.1) is 0 Å². The Bertz CT molecular complexity index is 764. The van der Waals surface area contributed by atoms with Crippen molar-refractivity contribution in [3.8, 4) is 0 Å². The molecule has 0 spiro atoms. The van der Waals surface area contributed by atoms with Gasteiger partial charge in [0.15, 0.2) is 5.69 Å². The van der Waals surface area contributed by atoms with E-state index in [1.165, 1.54) is 0 Å². The average Bonchev–Trinajstić information content (AvgIpc) is 2.93. The number of rotatable bonds is 5. The number of nitrogens with zero attached hydrogens (tertiary/aromatic N) is 4. The number of hydrogen-bond donors (Lipinski definition) is 0. The van der Waals surface area contributed by atoms with Crippen LogP contribution >= 0.6 is 0 Å². The van der Waals surface area contributed by atoms with E-state index in [2.05, 4.69) is 30.4 Å². The molecule has 0 saturated heterocycles. The summed E-state index contributed by atoms with van der Waals surface area (Å²) in [5.74, 6) is -0.0104. The molecule has 3 heterocycles. The SMILES string of the molecule is C=CC[C@H]1CC=C[C@H](CC=C)N1C(=O)c1cc2n(n1)CCCN(C(C)=O)C2. The van der Waals surface area contributed by atoms with Gasteiger partial charge in [0, 0.05) is 26.1 Å². The number of aromatic nitrogens is 2. The van der Waals surface area contributed by atoms with E-state index in [1.54, 1.807) is 11.8 Å². The van der Waals surface area contributed by atoms with Crippen LogP contribution in [0.1, 0.15) is 48.8 Å². The molecule has 27 heavy (non-hydrogen) atoms. The van der Waals surface area contributed by atoms with Gasteiger partial charge in [0.2, 0.25) is 5.91 Å². The predicted molar refractivity (Wildman–Crippen MR) is 105 cm³/mol. The van der Waals surface area contributed by atoms with Gasteiger partial charge in [-0.1, -0.05) is 24.3 Å². The summed E-state index contributed by atoms with van der Waals surface area (Å²) in [6, 6.07) is 1.92. The Morgan fingerprint density at radius 1 is 1.26 bits per heavy atom. The number of hydrogen-bond acceptors (Lipinski definition) is 3. The van der Waals surface area contributed by atoms with Crippen LogP contribution in [0.15, 0.2) is 43.5 Å². The van der Waals surface area contributed by atoms with Crippen molar-refractivity contribution in [2.24, 2.45) is 0 Å². The molecule has 0 unspecified atom stereocenters. The summed E-state index contributed by atoms with van der Waals surface area (Å²) >= 11 is 0. The lowest BCUT2D eigenvalue weighted by Gasteiger charge is -2.38. The van der Waals surface area contributed by atoms with E-state index in [-0.39, 0.29) is 23.9 Å². The van der Waals surface area contributed by atoms with Gasteiger partial charge in [-0.15, -0.1) is 13.2 Å². The first-order valence-electron chi connectivity index (χ1n) is 9.58. The Hall–Kier alpha value is -2.63. The van der Waals surface area contributed by atoms with Gasteiger partial charge in [0.1, 0.15) is 0 Å². The van der Waals surface area contributed by atoms with Crippen LogP contribution in [-0.4, -0.2) is 50.0 Å². The van der Waals surface area contributed by atoms with Gasteiger partial charge in [0.25, 0.3) is 5.91 Å². The Morgan fingerprint density at radius 2 is 2.04 bits per heavy atom. The van der Waals surface area contributed by atoms with E-state index in [9.17, 15) is 9.59 Å². The highest BCUT2D eigenvalue weighted by Gasteiger charge is 2.33. The minimum absolute atomic E-state index is 0.0103. The van der Waals surface area contributed by atoms with Crippen molar-refractivity contribution in [3.63, 3.8) is 0 Å². The Morgan fingerprint density at radius 3 is 2.74 bits per heavy atom. The molecule has 144 valence electrons. The second-order valence-electron chi connectivity index (χ2n) is 7.18. The molecule has 0 bridgehead atoms. The molecule has 2 atom stereocenters. The molecule has 6 nitrogen and oxygen atoms in total. The van der Waals surface area contributed by atoms with Gasteiger partial charge in [-0.05, 0) is 31.7 Å². The number of aryl methyl sites for hydroxylation is 1. The van der Waals surface area contributed by atoms with Crippen molar-refractivity contribution >= 4 is 11.8 Å². The van der Waals surface area contributed by atoms with Crippen molar-refractivity contribution in [2.45, 2.75) is 57.8 Å². The second-order valence-corrected chi connectivity index (χ2v) is 7.18. The summed E-state index contributed by atoms with van der Waals surface area (Å²) < 4.78 is 1.88. The van der Waals surface area contributed by atoms with Crippen LogP contribution < -0.4 is 0 Å². The average molecular weight is 368 g/mol. The highest BCUT2D eigenvalue weighted by atomic mass is 16.2. The Kier molecular flexibility index (Phi) is 5.94. The summed E-state index contributed by atoms with van der Waals surface area (Å²) in [5, 5.41) is 4.58. The second kappa shape index (κ2) is 8.37. The van der Waals surface area contributed by atoms with Gasteiger partial charge in [-0.3, -0.25) is 14.3 Å². The van der Waals surface area contributed by atoms with E-state index in [1.807, 2.05) is 27.8 Å². The zero-order chi connectivity index (χ0) is 19.4. The summed E-state index contributed by atoms with van der Waals surface area (Å²) in [6.45, 7) is 11.2. The molecule has 0 aromatic carbocycles. The van der Waals surface area contributed by atoms with Crippen LogP contribution in [0.2, 0.25) is 0 Å². The molecule has 1 aromatic heterocycles. The third-order valence-electron chi connectivity index (χ3n) is 5.28. The number of carbonyl (C=O) groups is 2. The van der Waals surface area contributed by atoms with E-state index < -0.39 is 0 Å². The highest BCUT2D eigenvalue weighted by molar-refractivity contribution is 5.93. The third-order valence-corrected chi connectivity index (χ3v) is 5.28. The molecule has 0 aliphatic carbocycles. The number of amides is 2. The first-order chi connectivity index (χ1) is 13.0. The standard InChI is InChI=1S/C21H28N4O2/c1-4-8-17-10-6-11-18(9-5-2)25(17)21(27)20-14-19-15-23(16(3)26)12-7-13-24(19)22-20/h4-6,10,14,17-18H,1-2,7-9,11-13,15H2,3H3/t17-,18-/m0/s1. The van der Waals surface area contributed by atoms with Gasteiger partial charge < -0.3 is 9.80 Å². The normalized spacial score (nSPS) is 22.1. The Labute approximate surface area is 160 Å². The van der Waals surface area contributed by atoms with E-state index in [0.29, 0.717) is 18.7 Å². The quantitative estimate of drug-likeness (QED) is 0.751. The lowest BCUT2D eigenvalue weighted by atomic mass is 9.97. The maximum Gasteiger partial charge on any atom is 0.275 e. The molecule has 2 aliphatic rings. The molecule has 2 amide bonds. The summed E-state index contributed by atoms with van der Waals surface area (Å²) in [7, 11) is 0. The fraction of sp³-hybridized carbons (Fsp3) is 0.476. The lowest BCUT2D eigenvalue weighted by molar-refractivity contribution is -0.129. The highest BCUT2D eigenvalue weighted by Crippen LogP contribution is 2.25. The summed E-state index contributed by atoms with van der Waals surface area (Å²) in [6.07, 6.45) is 11.0. The van der Waals surface area contributed by atoms with Crippen molar-refractivity contribution in [1.82, 2.24) is 19.6 Å². The minimum atomic E-state index is -0.0620. The van der Waals surface area contributed by atoms with Crippen molar-refractivity contribution < 1.29 is 9.59 Å². The zero-order valence-electron chi connectivity index (χ0n) is 16.0. The van der Waals surface area contributed by atoms with Gasteiger partial charge in [0.05, 0.1) is 18.3 Å². The molecule has 6 heteroatoms. The smallest absolute Gasteiger partial charge is 0.275 e. The maximum atomic E-state index is 13.4. The van der Waals surface area contributed by atoms with Crippen LogP contribution in [0.5, 0.6) is 0 Å². The first-order valence-corrected chi connectivity index (χ1v) is 9.58. The molecular weight excluding hydrogens is 340 g/mol.